The van der Waals surface area contributed by atoms with Crippen LogP contribution in [0.15, 0.2) is 0 Å². The van der Waals surface area contributed by atoms with E-state index in [0.29, 0.717) is 12.6 Å². The first kappa shape index (κ1) is 12.9. The second-order valence-corrected chi connectivity index (χ2v) is 3.14. The Labute approximate surface area is 81.5 Å². The van der Waals surface area contributed by atoms with Crippen LogP contribution in [0, 0.1) is 0 Å². The van der Waals surface area contributed by atoms with E-state index >= 15 is 0 Å². The third kappa shape index (κ3) is 6.02. The van der Waals surface area contributed by atoms with Crippen LogP contribution in [0.4, 0.5) is 0 Å². The Bertz CT molecular complexity index is 103. The van der Waals surface area contributed by atoms with Gasteiger partial charge in [-0.1, -0.05) is 13.8 Å². The number of ether oxygens (including phenoxy) is 1. The summed E-state index contributed by atoms with van der Waals surface area (Å²) in [7, 11) is 1.62. The van der Waals surface area contributed by atoms with Gasteiger partial charge in [0.1, 0.15) is 0 Å². The monoisotopic (exact) mass is 189 g/mol. The summed E-state index contributed by atoms with van der Waals surface area (Å²) in [6.07, 6.45) is 2.97. The molecule has 13 heavy (non-hydrogen) atoms. The predicted molar refractivity (Wildman–Crippen MR) is 54.9 cm³/mol. The van der Waals surface area contributed by atoms with Crippen LogP contribution in [0.5, 0.6) is 0 Å². The molecule has 3 heteroatoms. The van der Waals surface area contributed by atoms with E-state index in [4.69, 9.17) is 4.74 Å². The molecule has 1 heterocycles. The Hall–Kier alpha value is -0.120. The third-order valence-electron chi connectivity index (χ3n) is 2.08. The van der Waals surface area contributed by atoms with Gasteiger partial charge in [-0.15, -0.1) is 0 Å². The molecule has 1 rings (SSSR count). The Kier molecular flexibility index (Phi) is 8.40. The SMILES string of the molecule is CC.COCC(O)CC1CCCN1. The summed E-state index contributed by atoms with van der Waals surface area (Å²) in [4.78, 5) is 0. The zero-order chi connectivity index (χ0) is 10.1. The van der Waals surface area contributed by atoms with Crippen molar-refractivity contribution in [2.45, 2.75) is 45.3 Å². The first-order valence-electron chi connectivity index (χ1n) is 5.23. The molecule has 0 aromatic carbocycles. The van der Waals surface area contributed by atoms with Crippen LogP contribution in [0.2, 0.25) is 0 Å². The predicted octanol–water partition coefficient (Wildman–Crippen LogP) is 1.16. The molecule has 0 aromatic rings. The number of nitrogens with one attached hydrogen (secondary N) is 1. The van der Waals surface area contributed by atoms with Crippen molar-refractivity contribution in [3.63, 3.8) is 0 Å². The highest BCUT2D eigenvalue weighted by molar-refractivity contribution is 4.76. The highest BCUT2D eigenvalue weighted by Gasteiger charge is 2.17. The maximum atomic E-state index is 9.34. The molecule has 1 aliphatic rings. The lowest BCUT2D eigenvalue weighted by Crippen LogP contribution is -2.28. The van der Waals surface area contributed by atoms with Gasteiger partial charge in [0.05, 0.1) is 12.7 Å². The summed E-state index contributed by atoms with van der Waals surface area (Å²) < 4.78 is 4.84. The smallest absolute Gasteiger partial charge is 0.0788 e. The fraction of sp³-hybridized carbons (Fsp3) is 1.00. The summed E-state index contributed by atoms with van der Waals surface area (Å²) in [6.45, 7) is 5.56. The Morgan fingerprint density at radius 2 is 2.23 bits per heavy atom. The summed E-state index contributed by atoms with van der Waals surface area (Å²) in [5, 5.41) is 12.7. The quantitative estimate of drug-likeness (QED) is 0.697. The van der Waals surface area contributed by atoms with Gasteiger partial charge in [-0.05, 0) is 25.8 Å². The molecule has 80 valence electrons. The molecule has 0 spiro atoms. The first-order chi connectivity index (χ1) is 6.33. The van der Waals surface area contributed by atoms with Gasteiger partial charge in [0.2, 0.25) is 0 Å². The van der Waals surface area contributed by atoms with E-state index in [1.165, 1.54) is 12.8 Å². The van der Waals surface area contributed by atoms with Gasteiger partial charge in [0.25, 0.3) is 0 Å². The number of aliphatic hydroxyl groups excluding tert-OH is 1. The number of hydrogen-bond acceptors (Lipinski definition) is 3. The van der Waals surface area contributed by atoms with E-state index in [0.717, 1.165) is 13.0 Å². The molecule has 0 amide bonds. The fourth-order valence-corrected chi connectivity index (χ4v) is 1.55. The van der Waals surface area contributed by atoms with Crippen molar-refractivity contribution in [1.82, 2.24) is 5.32 Å². The zero-order valence-corrected chi connectivity index (χ0v) is 9.05. The van der Waals surface area contributed by atoms with Crippen molar-refractivity contribution in [1.29, 1.82) is 0 Å². The van der Waals surface area contributed by atoms with Crippen LogP contribution < -0.4 is 5.32 Å². The number of rotatable bonds is 4. The van der Waals surface area contributed by atoms with Gasteiger partial charge in [-0.2, -0.15) is 0 Å². The van der Waals surface area contributed by atoms with Gasteiger partial charge in [-0.3, -0.25) is 0 Å². The van der Waals surface area contributed by atoms with Gasteiger partial charge in [0.15, 0.2) is 0 Å². The second-order valence-electron chi connectivity index (χ2n) is 3.14. The second kappa shape index (κ2) is 8.48. The lowest BCUT2D eigenvalue weighted by atomic mass is 10.1. The molecule has 0 radical (unpaired) electrons. The molecule has 2 atom stereocenters. The van der Waals surface area contributed by atoms with Crippen molar-refractivity contribution < 1.29 is 9.84 Å². The highest BCUT2D eigenvalue weighted by atomic mass is 16.5. The van der Waals surface area contributed by atoms with Crippen LogP contribution >= 0.6 is 0 Å². The molecule has 1 fully saturated rings. The van der Waals surface area contributed by atoms with Crippen molar-refractivity contribution in [2.24, 2.45) is 0 Å². The van der Waals surface area contributed by atoms with E-state index in [1.807, 2.05) is 13.8 Å². The van der Waals surface area contributed by atoms with Crippen molar-refractivity contribution >= 4 is 0 Å². The average Bonchev–Trinajstić information content (AvgIpc) is 2.61. The summed E-state index contributed by atoms with van der Waals surface area (Å²) in [5.74, 6) is 0. The van der Waals surface area contributed by atoms with E-state index in [1.54, 1.807) is 7.11 Å². The van der Waals surface area contributed by atoms with E-state index in [9.17, 15) is 5.11 Å². The summed E-state index contributed by atoms with van der Waals surface area (Å²) in [6, 6.07) is 0.514. The molecule has 1 saturated heterocycles. The maximum Gasteiger partial charge on any atom is 0.0788 e. The average molecular weight is 189 g/mol. The molecule has 3 nitrogen and oxygen atoms in total. The normalized spacial score (nSPS) is 23.5. The van der Waals surface area contributed by atoms with Gasteiger partial charge >= 0.3 is 0 Å². The Morgan fingerprint density at radius 1 is 1.54 bits per heavy atom. The summed E-state index contributed by atoms with van der Waals surface area (Å²) >= 11 is 0. The van der Waals surface area contributed by atoms with Gasteiger partial charge in [0, 0.05) is 13.2 Å². The fourth-order valence-electron chi connectivity index (χ4n) is 1.55. The molecular formula is C10H23NO2. The van der Waals surface area contributed by atoms with E-state index in [2.05, 4.69) is 5.32 Å². The largest absolute Gasteiger partial charge is 0.391 e. The highest BCUT2D eigenvalue weighted by Crippen LogP contribution is 2.10. The molecule has 0 saturated carbocycles. The minimum absolute atomic E-state index is 0.296. The zero-order valence-electron chi connectivity index (χ0n) is 9.05. The Balaban J connectivity index is 0.000000671. The van der Waals surface area contributed by atoms with Crippen molar-refractivity contribution in [3.8, 4) is 0 Å². The minimum atomic E-state index is -0.296. The molecular weight excluding hydrogens is 166 g/mol. The molecule has 1 aliphatic heterocycles. The van der Waals surface area contributed by atoms with Crippen LogP contribution in [-0.4, -0.2) is 37.5 Å². The van der Waals surface area contributed by atoms with Crippen LogP contribution in [-0.2, 0) is 4.74 Å². The lowest BCUT2D eigenvalue weighted by Gasteiger charge is -2.14. The first-order valence-corrected chi connectivity index (χ1v) is 5.23. The van der Waals surface area contributed by atoms with E-state index < -0.39 is 0 Å². The topological polar surface area (TPSA) is 41.5 Å². The van der Waals surface area contributed by atoms with Crippen LogP contribution in [0.3, 0.4) is 0 Å². The molecule has 2 unspecified atom stereocenters. The van der Waals surface area contributed by atoms with Gasteiger partial charge < -0.3 is 15.2 Å². The number of methoxy groups -OCH3 is 1. The molecule has 0 aliphatic carbocycles. The van der Waals surface area contributed by atoms with Crippen molar-refractivity contribution in [2.75, 3.05) is 20.3 Å². The summed E-state index contributed by atoms with van der Waals surface area (Å²) in [5.41, 5.74) is 0. The van der Waals surface area contributed by atoms with Crippen LogP contribution in [0.25, 0.3) is 0 Å². The molecule has 2 N–H and O–H groups in total. The Morgan fingerprint density at radius 3 is 2.69 bits per heavy atom. The standard InChI is InChI=1S/C8H17NO2.C2H6/c1-11-6-8(10)5-7-3-2-4-9-7;1-2/h7-10H,2-6H2,1H3;1-2H3. The minimum Gasteiger partial charge on any atom is -0.391 e. The van der Waals surface area contributed by atoms with Gasteiger partial charge in [-0.25, -0.2) is 0 Å². The van der Waals surface area contributed by atoms with Crippen molar-refractivity contribution in [3.05, 3.63) is 0 Å². The number of aliphatic hydroxyl groups is 1. The van der Waals surface area contributed by atoms with Crippen LogP contribution in [0.1, 0.15) is 33.1 Å². The molecule has 0 aromatic heterocycles. The molecule has 0 bridgehead atoms. The van der Waals surface area contributed by atoms with E-state index in [-0.39, 0.29) is 6.10 Å². The number of hydrogen-bond donors (Lipinski definition) is 2. The lowest BCUT2D eigenvalue weighted by molar-refractivity contribution is 0.0537. The third-order valence-corrected chi connectivity index (χ3v) is 2.08. The maximum absolute atomic E-state index is 9.34.